The van der Waals surface area contributed by atoms with E-state index in [9.17, 15) is 4.79 Å². The number of rotatable bonds is 2. The number of nitrogens with zero attached hydrogens (tertiary/aromatic N) is 2. The minimum Gasteiger partial charge on any atom is -0.343 e. The monoisotopic (exact) mass is 226 g/mol. The second kappa shape index (κ2) is 4.00. The van der Waals surface area contributed by atoms with Gasteiger partial charge < -0.3 is 9.64 Å². The van der Waals surface area contributed by atoms with Gasteiger partial charge in [0.05, 0.1) is 0 Å². The summed E-state index contributed by atoms with van der Waals surface area (Å²) in [6, 6.07) is 0.726. The third kappa shape index (κ3) is 1.74. The highest BCUT2D eigenvalue weighted by Gasteiger charge is 2.52. The van der Waals surface area contributed by atoms with E-state index in [0.717, 1.165) is 19.5 Å². The molecule has 0 N–H and O–H groups in total. The van der Waals surface area contributed by atoms with Crippen molar-refractivity contribution in [1.82, 2.24) is 9.80 Å². The molecule has 2 heterocycles. The third-order valence-corrected chi connectivity index (χ3v) is 3.75. The molecule has 4 nitrogen and oxygen atoms in total. The first kappa shape index (κ1) is 11.9. The maximum atomic E-state index is 12.3. The van der Waals surface area contributed by atoms with Gasteiger partial charge in [0.1, 0.15) is 6.73 Å². The Bertz CT molecular complexity index is 287. The Hall–Kier alpha value is -0.610. The number of hydrogen-bond donors (Lipinski definition) is 0. The summed E-state index contributed by atoms with van der Waals surface area (Å²) < 4.78 is 5.80. The van der Waals surface area contributed by atoms with Gasteiger partial charge in [-0.3, -0.25) is 9.69 Å². The molecule has 2 aliphatic rings. The fourth-order valence-corrected chi connectivity index (χ4v) is 2.50. The van der Waals surface area contributed by atoms with Crippen LogP contribution in [0.5, 0.6) is 0 Å². The van der Waals surface area contributed by atoms with Crippen LogP contribution < -0.4 is 0 Å². The number of carbonyl (C=O) groups excluding carboxylic acids is 1. The van der Waals surface area contributed by atoms with Crippen LogP contribution in [0.25, 0.3) is 0 Å². The Labute approximate surface area is 97.5 Å². The molecule has 2 fully saturated rings. The quantitative estimate of drug-likeness (QED) is 0.706. The summed E-state index contributed by atoms with van der Waals surface area (Å²) in [5.74, 6) is 0.186. The smallest absolute Gasteiger partial charge is 0.258 e. The van der Waals surface area contributed by atoms with E-state index in [1.165, 1.54) is 0 Å². The average molecular weight is 226 g/mol. The topological polar surface area (TPSA) is 32.8 Å². The highest BCUT2D eigenvalue weighted by atomic mass is 16.5. The summed E-state index contributed by atoms with van der Waals surface area (Å²) >= 11 is 0. The van der Waals surface area contributed by atoms with Crippen LogP contribution >= 0.6 is 0 Å². The molecule has 0 radical (unpaired) electrons. The lowest BCUT2D eigenvalue weighted by Crippen LogP contribution is -2.45. The fraction of sp³-hybridized carbons (Fsp3) is 0.917. The zero-order chi connectivity index (χ0) is 11.9. The van der Waals surface area contributed by atoms with Gasteiger partial charge in [-0.25, -0.2) is 0 Å². The standard InChI is InChI=1S/C12H22N2O2/c1-9(2)13-6-5-12(7-13)11(15)14(8-16-12)10(3)4/h9-10H,5-8H2,1-4H3. The van der Waals surface area contributed by atoms with Crippen molar-refractivity contribution in [2.45, 2.75) is 51.8 Å². The van der Waals surface area contributed by atoms with Crippen molar-refractivity contribution in [3.05, 3.63) is 0 Å². The van der Waals surface area contributed by atoms with Gasteiger partial charge in [0.2, 0.25) is 0 Å². The normalized spacial score (nSPS) is 31.6. The van der Waals surface area contributed by atoms with Gasteiger partial charge in [-0.1, -0.05) is 0 Å². The van der Waals surface area contributed by atoms with Crippen LogP contribution in [-0.4, -0.2) is 53.2 Å². The van der Waals surface area contributed by atoms with Crippen LogP contribution in [0.15, 0.2) is 0 Å². The summed E-state index contributed by atoms with van der Waals surface area (Å²) in [6.07, 6.45) is 0.841. The molecule has 1 amide bonds. The van der Waals surface area contributed by atoms with Gasteiger partial charge >= 0.3 is 0 Å². The largest absolute Gasteiger partial charge is 0.343 e. The van der Waals surface area contributed by atoms with Gasteiger partial charge in [-0.05, 0) is 34.1 Å². The maximum Gasteiger partial charge on any atom is 0.258 e. The molecule has 4 heteroatoms. The molecule has 2 rings (SSSR count). The number of amides is 1. The van der Waals surface area contributed by atoms with Gasteiger partial charge in [-0.15, -0.1) is 0 Å². The molecule has 1 unspecified atom stereocenters. The molecule has 0 saturated carbocycles. The molecular formula is C12H22N2O2. The van der Waals surface area contributed by atoms with Crippen molar-refractivity contribution in [2.24, 2.45) is 0 Å². The van der Waals surface area contributed by atoms with Crippen molar-refractivity contribution in [1.29, 1.82) is 0 Å². The number of likely N-dealkylation sites (tertiary alicyclic amines) is 1. The highest BCUT2D eigenvalue weighted by Crippen LogP contribution is 2.34. The van der Waals surface area contributed by atoms with Crippen LogP contribution in [0.4, 0.5) is 0 Å². The van der Waals surface area contributed by atoms with Crippen LogP contribution in [0, 0.1) is 0 Å². The SMILES string of the molecule is CC(C)N1CCC2(C1)OCN(C(C)C)C2=O. The Morgan fingerprint density at radius 1 is 1.25 bits per heavy atom. The summed E-state index contributed by atoms with van der Waals surface area (Å²) in [4.78, 5) is 16.5. The number of ether oxygens (including phenoxy) is 1. The Morgan fingerprint density at radius 3 is 2.38 bits per heavy atom. The lowest BCUT2D eigenvalue weighted by molar-refractivity contribution is -0.137. The van der Waals surface area contributed by atoms with Crippen molar-refractivity contribution >= 4 is 5.91 Å². The molecular weight excluding hydrogens is 204 g/mol. The zero-order valence-corrected chi connectivity index (χ0v) is 10.7. The highest BCUT2D eigenvalue weighted by molar-refractivity contribution is 5.87. The Kier molecular flexibility index (Phi) is 2.97. The number of carbonyl (C=O) groups is 1. The second-order valence-corrected chi connectivity index (χ2v) is 5.45. The van der Waals surface area contributed by atoms with E-state index in [0.29, 0.717) is 12.8 Å². The molecule has 1 spiro atoms. The van der Waals surface area contributed by atoms with E-state index < -0.39 is 5.60 Å². The van der Waals surface area contributed by atoms with E-state index in [1.807, 2.05) is 18.7 Å². The molecule has 0 aliphatic carbocycles. The van der Waals surface area contributed by atoms with Gasteiger partial charge in [0, 0.05) is 25.2 Å². The Balaban J connectivity index is 2.09. The van der Waals surface area contributed by atoms with Gasteiger partial charge in [0.25, 0.3) is 5.91 Å². The molecule has 2 aliphatic heterocycles. The minimum absolute atomic E-state index is 0.186. The van der Waals surface area contributed by atoms with Crippen molar-refractivity contribution in [3.8, 4) is 0 Å². The van der Waals surface area contributed by atoms with Crippen molar-refractivity contribution in [3.63, 3.8) is 0 Å². The lowest BCUT2D eigenvalue weighted by Gasteiger charge is -2.24. The molecule has 1 atom stereocenters. The predicted molar refractivity (Wildman–Crippen MR) is 62.0 cm³/mol. The van der Waals surface area contributed by atoms with Crippen molar-refractivity contribution in [2.75, 3.05) is 19.8 Å². The first-order chi connectivity index (χ1) is 7.46. The summed E-state index contributed by atoms with van der Waals surface area (Å²) in [5.41, 5.74) is -0.533. The summed E-state index contributed by atoms with van der Waals surface area (Å²) in [5, 5.41) is 0. The van der Waals surface area contributed by atoms with Gasteiger partial charge in [-0.2, -0.15) is 0 Å². The first-order valence-electron chi connectivity index (χ1n) is 6.15. The van der Waals surface area contributed by atoms with E-state index >= 15 is 0 Å². The van der Waals surface area contributed by atoms with Gasteiger partial charge in [0.15, 0.2) is 5.60 Å². The third-order valence-electron chi connectivity index (χ3n) is 3.75. The molecule has 92 valence electrons. The second-order valence-electron chi connectivity index (χ2n) is 5.45. The minimum atomic E-state index is -0.533. The maximum absolute atomic E-state index is 12.3. The van der Waals surface area contributed by atoms with E-state index in [2.05, 4.69) is 18.7 Å². The van der Waals surface area contributed by atoms with Crippen LogP contribution in [0.1, 0.15) is 34.1 Å². The number of hydrogen-bond acceptors (Lipinski definition) is 3. The Morgan fingerprint density at radius 2 is 1.94 bits per heavy atom. The summed E-state index contributed by atoms with van der Waals surface area (Å²) in [7, 11) is 0. The summed E-state index contributed by atoms with van der Waals surface area (Å²) in [6.45, 7) is 10.6. The van der Waals surface area contributed by atoms with Crippen molar-refractivity contribution < 1.29 is 9.53 Å². The van der Waals surface area contributed by atoms with E-state index in [4.69, 9.17) is 4.74 Å². The van der Waals surface area contributed by atoms with E-state index in [-0.39, 0.29) is 11.9 Å². The predicted octanol–water partition coefficient (Wildman–Crippen LogP) is 1.06. The molecule has 0 aromatic heterocycles. The fourth-order valence-electron chi connectivity index (χ4n) is 2.50. The van der Waals surface area contributed by atoms with Crippen LogP contribution in [0.3, 0.4) is 0 Å². The van der Waals surface area contributed by atoms with Crippen LogP contribution in [-0.2, 0) is 9.53 Å². The molecule has 16 heavy (non-hydrogen) atoms. The average Bonchev–Trinajstić information content (AvgIpc) is 2.75. The van der Waals surface area contributed by atoms with Crippen LogP contribution in [0.2, 0.25) is 0 Å². The molecule has 2 saturated heterocycles. The first-order valence-corrected chi connectivity index (χ1v) is 6.15. The molecule has 0 bridgehead atoms. The lowest BCUT2D eigenvalue weighted by atomic mass is 10.0. The molecule has 0 aromatic rings. The van der Waals surface area contributed by atoms with E-state index in [1.54, 1.807) is 0 Å². The zero-order valence-electron chi connectivity index (χ0n) is 10.7. The molecule has 0 aromatic carbocycles.